The summed E-state index contributed by atoms with van der Waals surface area (Å²) in [6.07, 6.45) is 0. The average Bonchev–Trinajstić information content (AvgIpc) is 2.99. The van der Waals surface area contributed by atoms with Crippen molar-refractivity contribution < 1.29 is 86.2 Å². The fourth-order valence-electron chi connectivity index (χ4n) is 3.83. The van der Waals surface area contributed by atoms with E-state index in [9.17, 15) is 50.2 Å². The molecule has 18 nitrogen and oxygen atoms in total. The van der Waals surface area contributed by atoms with Gasteiger partial charge >= 0.3 is 46.3 Å². The molecule has 4 rings (SSSR count). The Bertz CT molecular complexity index is 1850. The van der Waals surface area contributed by atoms with Gasteiger partial charge in [-0.15, -0.1) is 0 Å². The van der Waals surface area contributed by atoms with Crippen molar-refractivity contribution in [2.24, 2.45) is 20.5 Å². The summed E-state index contributed by atoms with van der Waals surface area (Å²) in [5, 5.41) is 88.6. The SMILES string of the molecule is CC(=O)Nc1cc(C)cc(N=Nc2cc([N+](=O)[O-])ccc2[O-])c1[O-].CC(=O)Nc1cc(C)cc(N=Nc2cc([N+](=O)[O-])ccc2[O-])c1[O-].[Co+3].[Na+]. The first kappa shape index (κ1) is 42.5. The van der Waals surface area contributed by atoms with Crippen LogP contribution in [0, 0.1) is 34.1 Å². The summed E-state index contributed by atoms with van der Waals surface area (Å²) in [5.41, 5.74) is 0.0490. The fraction of sp³-hybridized carbons (Fsp3) is 0.133. The van der Waals surface area contributed by atoms with E-state index in [2.05, 4.69) is 31.1 Å². The summed E-state index contributed by atoms with van der Waals surface area (Å²) in [5.74, 6) is -3.10. The molecular formula is C30H24CoN8NaO10. The number of rotatable bonds is 8. The van der Waals surface area contributed by atoms with Crippen LogP contribution in [0.2, 0.25) is 0 Å². The molecule has 0 spiro atoms. The van der Waals surface area contributed by atoms with Gasteiger partial charge in [0.05, 0.1) is 32.6 Å². The Hall–Kier alpha value is -5.47. The van der Waals surface area contributed by atoms with Crippen LogP contribution in [0.4, 0.5) is 45.5 Å². The van der Waals surface area contributed by atoms with Crippen molar-refractivity contribution in [1.29, 1.82) is 0 Å². The third kappa shape index (κ3) is 11.9. The molecule has 0 aliphatic rings. The van der Waals surface area contributed by atoms with E-state index in [0.717, 1.165) is 36.4 Å². The van der Waals surface area contributed by atoms with Crippen molar-refractivity contribution in [3.05, 3.63) is 92.0 Å². The number of nitrogens with zero attached hydrogens (tertiary/aromatic N) is 6. The molecule has 0 fully saturated rings. The van der Waals surface area contributed by atoms with Crippen LogP contribution in [0.25, 0.3) is 0 Å². The molecule has 0 bridgehead atoms. The van der Waals surface area contributed by atoms with Crippen LogP contribution < -0.4 is 60.6 Å². The molecule has 0 saturated heterocycles. The quantitative estimate of drug-likeness (QED) is 0.114. The van der Waals surface area contributed by atoms with Gasteiger partial charge in [-0.3, -0.25) is 29.8 Å². The Morgan fingerprint density at radius 3 is 1.20 bits per heavy atom. The van der Waals surface area contributed by atoms with E-state index in [-0.39, 0.29) is 91.8 Å². The number of aryl methyl sites for hydroxylation is 2. The van der Waals surface area contributed by atoms with E-state index in [4.69, 9.17) is 0 Å². The second-order valence-electron chi connectivity index (χ2n) is 9.90. The number of nitrogens with one attached hydrogen (secondary N) is 2. The fourth-order valence-corrected chi connectivity index (χ4v) is 3.83. The smallest absolute Gasteiger partial charge is 0.871 e. The van der Waals surface area contributed by atoms with Gasteiger partial charge in [-0.2, -0.15) is 20.5 Å². The van der Waals surface area contributed by atoms with Gasteiger partial charge in [-0.05, 0) is 49.2 Å². The minimum Gasteiger partial charge on any atom is -0.871 e. The molecule has 0 radical (unpaired) electrons. The molecule has 2 N–H and O–H groups in total. The summed E-state index contributed by atoms with van der Waals surface area (Å²) in [6, 6.07) is 11.9. The van der Waals surface area contributed by atoms with Gasteiger partial charge in [0, 0.05) is 49.5 Å². The predicted octanol–water partition coefficient (Wildman–Crippen LogP) is 1.85. The Morgan fingerprint density at radius 2 is 0.900 bits per heavy atom. The Morgan fingerprint density at radius 1 is 0.580 bits per heavy atom. The number of hydrogen-bond donors (Lipinski definition) is 2. The molecule has 4 aromatic carbocycles. The first-order chi connectivity index (χ1) is 22.5. The first-order valence-electron chi connectivity index (χ1n) is 13.5. The zero-order chi connectivity index (χ0) is 35.7. The van der Waals surface area contributed by atoms with E-state index in [1.807, 2.05) is 0 Å². The molecule has 254 valence electrons. The van der Waals surface area contributed by atoms with Crippen molar-refractivity contribution in [3.63, 3.8) is 0 Å². The van der Waals surface area contributed by atoms with E-state index in [1.165, 1.54) is 38.1 Å². The van der Waals surface area contributed by atoms with Crippen molar-refractivity contribution in [2.45, 2.75) is 27.7 Å². The van der Waals surface area contributed by atoms with E-state index < -0.39 is 44.7 Å². The number of carbonyl (C=O) groups excluding carboxylic acids is 2. The van der Waals surface area contributed by atoms with E-state index in [1.54, 1.807) is 13.8 Å². The number of hydrogen-bond acceptors (Lipinski definition) is 14. The van der Waals surface area contributed by atoms with Crippen LogP contribution in [-0.2, 0) is 26.4 Å². The molecule has 0 atom stereocenters. The maximum Gasteiger partial charge on any atom is 3.00 e. The summed E-state index contributed by atoms with van der Waals surface area (Å²) in [4.78, 5) is 42.3. The van der Waals surface area contributed by atoms with Crippen molar-refractivity contribution >= 4 is 57.3 Å². The minimum atomic E-state index is -0.668. The van der Waals surface area contributed by atoms with Crippen LogP contribution in [0.15, 0.2) is 81.1 Å². The molecule has 0 unspecified atom stereocenters. The van der Waals surface area contributed by atoms with Crippen LogP contribution >= 0.6 is 0 Å². The Kier molecular flexibility index (Phi) is 16.1. The molecule has 50 heavy (non-hydrogen) atoms. The molecule has 0 aliphatic carbocycles. The molecule has 20 heteroatoms. The average molecular weight is 738 g/mol. The molecule has 2 amide bonds. The molecule has 0 aliphatic heterocycles. The summed E-state index contributed by atoms with van der Waals surface area (Å²) in [7, 11) is 0. The number of benzene rings is 4. The van der Waals surface area contributed by atoms with E-state index >= 15 is 0 Å². The number of carbonyl (C=O) groups is 2. The molecular weight excluding hydrogens is 714 g/mol. The van der Waals surface area contributed by atoms with Gasteiger partial charge in [0.25, 0.3) is 11.4 Å². The largest absolute Gasteiger partial charge is 3.00 e. The van der Waals surface area contributed by atoms with Crippen LogP contribution in [0.5, 0.6) is 23.0 Å². The first-order valence-corrected chi connectivity index (χ1v) is 13.5. The van der Waals surface area contributed by atoms with Crippen molar-refractivity contribution in [1.82, 2.24) is 0 Å². The predicted molar refractivity (Wildman–Crippen MR) is 163 cm³/mol. The van der Waals surface area contributed by atoms with E-state index in [0.29, 0.717) is 11.1 Å². The minimum absolute atomic E-state index is 0. The summed E-state index contributed by atoms with van der Waals surface area (Å²) in [6.45, 7) is 5.90. The van der Waals surface area contributed by atoms with Gasteiger partial charge in [0.2, 0.25) is 11.8 Å². The third-order valence-corrected chi connectivity index (χ3v) is 5.89. The number of non-ortho nitro benzene ring substituents is 2. The number of nitro benzene ring substituents is 2. The van der Waals surface area contributed by atoms with Crippen LogP contribution in [0.3, 0.4) is 0 Å². The Balaban J connectivity index is 0.000000481. The van der Waals surface area contributed by atoms with Gasteiger partial charge in [-0.1, -0.05) is 35.1 Å². The second-order valence-corrected chi connectivity index (χ2v) is 9.90. The number of amides is 2. The topological polar surface area (TPSA) is 286 Å². The summed E-state index contributed by atoms with van der Waals surface area (Å²) >= 11 is 0. The van der Waals surface area contributed by atoms with Gasteiger partial charge < -0.3 is 31.1 Å². The van der Waals surface area contributed by atoms with Crippen molar-refractivity contribution in [2.75, 3.05) is 10.6 Å². The molecule has 4 aromatic rings. The Labute approximate surface area is 315 Å². The molecule has 0 heterocycles. The monoisotopic (exact) mass is 738 g/mol. The number of nitro groups is 2. The van der Waals surface area contributed by atoms with Gasteiger partial charge in [0.1, 0.15) is 0 Å². The third-order valence-electron chi connectivity index (χ3n) is 5.89. The van der Waals surface area contributed by atoms with Gasteiger partial charge in [-0.25, -0.2) is 0 Å². The number of anilines is 2. The zero-order valence-electron chi connectivity index (χ0n) is 26.9. The maximum absolute atomic E-state index is 12.2. The molecule has 0 saturated carbocycles. The summed E-state index contributed by atoms with van der Waals surface area (Å²) < 4.78 is 0. The molecule has 0 aromatic heterocycles. The van der Waals surface area contributed by atoms with Crippen LogP contribution in [0.1, 0.15) is 25.0 Å². The van der Waals surface area contributed by atoms with Crippen LogP contribution in [-0.4, -0.2) is 21.7 Å². The standard InChI is InChI=1S/2C15H14N4O5.Co.Na/c2*1-8-5-12(16-9(2)20)15(22)13(6-8)18-17-11-7-10(19(23)24)3-4-14(11)21;;/h2*3-7,21-22H,1-2H3,(H,16,20);;/q;;+3;+1/p-4. The van der Waals surface area contributed by atoms with Crippen molar-refractivity contribution in [3.8, 4) is 23.0 Å². The normalized spacial score (nSPS) is 10.3. The maximum atomic E-state index is 12.2. The second kappa shape index (κ2) is 18.9. The number of azo groups is 2. The zero-order valence-corrected chi connectivity index (χ0v) is 29.9. The van der Waals surface area contributed by atoms with Gasteiger partial charge in [0.15, 0.2) is 0 Å².